The van der Waals surface area contributed by atoms with E-state index < -0.39 is 0 Å². The zero-order chi connectivity index (χ0) is 22.7. The van der Waals surface area contributed by atoms with E-state index >= 15 is 0 Å². The molecule has 0 fully saturated rings. The van der Waals surface area contributed by atoms with Gasteiger partial charge in [0.1, 0.15) is 11.5 Å². The third kappa shape index (κ3) is 3.12. The van der Waals surface area contributed by atoms with Crippen LogP contribution in [0.4, 0.5) is 0 Å². The molecule has 0 bridgehead atoms. The van der Waals surface area contributed by atoms with Gasteiger partial charge in [-0.05, 0) is 50.2 Å². The second-order valence-electron chi connectivity index (χ2n) is 8.25. The summed E-state index contributed by atoms with van der Waals surface area (Å²) >= 11 is 1.53. The number of thiophene rings is 1. The molecule has 2 N–H and O–H groups in total. The lowest BCUT2D eigenvalue weighted by Gasteiger charge is -2.04. The summed E-state index contributed by atoms with van der Waals surface area (Å²) < 4.78 is 2.09. The fourth-order valence-corrected chi connectivity index (χ4v) is 5.26. The summed E-state index contributed by atoms with van der Waals surface area (Å²) in [6, 6.07) is 18.6. The first-order valence-corrected chi connectivity index (χ1v) is 11.5. The number of nitrogens with one attached hydrogen (secondary N) is 2. The minimum Gasteiger partial charge on any atom is -0.353 e. The van der Waals surface area contributed by atoms with Gasteiger partial charge in [0, 0.05) is 39.3 Å². The van der Waals surface area contributed by atoms with E-state index in [1.807, 2.05) is 38.4 Å². The molecule has 0 spiro atoms. The molecule has 0 aliphatic rings. The van der Waals surface area contributed by atoms with E-state index in [4.69, 9.17) is 0 Å². The Bertz CT molecular complexity index is 1680. The van der Waals surface area contributed by atoms with Crippen LogP contribution < -0.4 is 0 Å². The number of carbonyl (C=O) groups excluding carboxylic acids is 1. The molecular weight excluding hydrogens is 430 g/mol. The fraction of sp³-hybridized carbons (Fsp3) is 0.115. The third-order valence-electron chi connectivity index (χ3n) is 6.22. The van der Waals surface area contributed by atoms with Crippen molar-refractivity contribution < 1.29 is 4.79 Å². The van der Waals surface area contributed by atoms with Gasteiger partial charge in [0.25, 0.3) is 0 Å². The van der Waals surface area contributed by atoms with E-state index in [-0.39, 0.29) is 5.78 Å². The van der Waals surface area contributed by atoms with Crippen molar-refractivity contribution in [3.8, 4) is 33.1 Å². The average molecular weight is 452 g/mol. The average Bonchev–Trinajstić information content (AvgIpc) is 3.59. The molecule has 0 atom stereocenters. The van der Waals surface area contributed by atoms with Crippen LogP contribution in [0, 0.1) is 6.92 Å². The third-order valence-corrected chi connectivity index (χ3v) is 7.44. The Balaban J connectivity index is 1.49. The van der Waals surface area contributed by atoms with E-state index in [1.165, 1.54) is 11.3 Å². The Morgan fingerprint density at radius 1 is 1.03 bits per heavy atom. The number of carbonyl (C=O) groups is 1. The van der Waals surface area contributed by atoms with Crippen molar-refractivity contribution in [2.75, 3.05) is 0 Å². The highest BCUT2D eigenvalue weighted by atomic mass is 32.1. The summed E-state index contributed by atoms with van der Waals surface area (Å²) in [6.45, 7) is 3.61. The SMILES string of the molecule is CC(=O)c1ccc(-c2cccc3[nH]c(-c4n[nH]c5ccc(-c6cnc(C)n6C)cc45)cc23)s1. The van der Waals surface area contributed by atoms with Crippen LogP contribution in [-0.2, 0) is 7.05 Å². The zero-order valence-corrected chi connectivity index (χ0v) is 19.2. The predicted octanol–water partition coefficient (Wildman–Crippen LogP) is 6.35. The summed E-state index contributed by atoms with van der Waals surface area (Å²) in [5.74, 6) is 1.07. The number of aryl methyl sites for hydroxylation is 1. The molecule has 4 heterocycles. The van der Waals surface area contributed by atoms with Gasteiger partial charge in [0.05, 0.1) is 28.0 Å². The van der Waals surface area contributed by atoms with Crippen LogP contribution in [0.2, 0.25) is 0 Å². The lowest BCUT2D eigenvalue weighted by molar-refractivity contribution is 0.102. The van der Waals surface area contributed by atoms with Gasteiger partial charge in [0.15, 0.2) is 5.78 Å². The van der Waals surface area contributed by atoms with Gasteiger partial charge in [-0.25, -0.2) is 4.98 Å². The fourth-order valence-electron chi connectivity index (χ4n) is 4.32. The molecule has 4 aromatic heterocycles. The van der Waals surface area contributed by atoms with Gasteiger partial charge in [-0.15, -0.1) is 11.3 Å². The number of rotatable bonds is 4. The van der Waals surface area contributed by atoms with Crippen LogP contribution in [0.1, 0.15) is 22.4 Å². The number of Topliss-reactive ketones (excluding diaryl/α,β-unsaturated/α-hetero) is 1. The van der Waals surface area contributed by atoms with Crippen molar-refractivity contribution in [1.82, 2.24) is 24.7 Å². The molecular formula is C26H21N5OS. The number of hydrogen-bond acceptors (Lipinski definition) is 4. The maximum absolute atomic E-state index is 11.8. The van der Waals surface area contributed by atoms with Crippen molar-refractivity contribution in [3.63, 3.8) is 0 Å². The molecule has 162 valence electrons. The number of benzene rings is 2. The van der Waals surface area contributed by atoms with Gasteiger partial charge in [-0.2, -0.15) is 5.10 Å². The Labute approximate surface area is 193 Å². The second kappa shape index (κ2) is 7.28. The highest BCUT2D eigenvalue weighted by molar-refractivity contribution is 7.17. The van der Waals surface area contributed by atoms with Gasteiger partial charge in [0.2, 0.25) is 0 Å². The van der Waals surface area contributed by atoms with E-state index in [1.54, 1.807) is 6.92 Å². The molecule has 0 saturated heterocycles. The van der Waals surface area contributed by atoms with E-state index in [2.05, 4.69) is 61.1 Å². The lowest BCUT2D eigenvalue weighted by atomic mass is 10.1. The molecule has 6 aromatic rings. The molecule has 7 heteroatoms. The van der Waals surface area contributed by atoms with Crippen LogP contribution in [0.3, 0.4) is 0 Å². The molecule has 0 radical (unpaired) electrons. The predicted molar refractivity (Wildman–Crippen MR) is 134 cm³/mol. The standard InChI is InChI=1S/C26H21N5OS/c1-14(32)24-9-10-25(33-24)17-5-4-6-20-18(17)12-22(28-20)26-19-11-16(7-8-21(19)29-30-26)23-13-27-15(2)31(23)3/h4-13,28H,1-3H3,(H,29,30). The van der Waals surface area contributed by atoms with Crippen molar-refractivity contribution >= 4 is 38.9 Å². The van der Waals surface area contributed by atoms with E-state index in [0.29, 0.717) is 0 Å². The van der Waals surface area contributed by atoms with E-state index in [0.717, 1.165) is 65.6 Å². The number of aromatic nitrogens is 5. The minimum absolute atomic E-state index is 0.0931. The highest BCUT2D eigenvalue weighted by Gasteiger charge is 2.16. The quantitative estimate of drug-likeness (QED) is 0.306. The van der Waals surface area contributed by atoms with Gasteiger partial charge >= 0.3 is 0 Å². The first kappa shape index (κ1) is 19.7. The molecule has 0 aliphatic carbocycles. The summed E-state index contributed by atoms with van der Waals surface area (Å²) in [4.78, 5) is 21.6. The number of aromatic amines is 2. The normalized spacial score (nSPS) is 11.6. The second-order valence-corrected chi connectivity index (χ2v) is 9.34. The van der Waals surface area contributed by atoms with Crippen LogP contribution in [-0.4, -0.2) is 30.5 Å². The summed E-state index contributed by atoms with van der Waals surface area (Å²) in [5, 5.41) is 9.96. The summed E-state index contributed by atoms with van der Waals surface area (Å²) in [5.41, 5.74) is 7.12. The van der Waals surface area contributed by atoms with Gasteiger partial charge < -0.3 is 9.55 Å². The number of H-pyrrole nitrogens is 2. The molecule has 0 saturated carbocycles. The van der Waals surface area contributed by atoms with Crippen LogP contribution >= 0.6 is 11.3 Å². The molecule has 2 aromatic carbocycles. The molecule has 0 aliphatic heterocycles. The maximum atomic E-state index is 11.8. The van der Waals surface area contributed by atoms with E-state index in [9.17, 15) is 4.79 Å². The van der Waals surface area contributed by atoms with Gasteiger partial charge in [-0.1, -0.05) is 18.2 Å². The molecule has 6 nitrogen and oxygen atoms in total. The topological polar surface area (TPSA) is 79.4 Å². The van der Waals surface area contributed by atoms with Crippen LogP contribution in [0.5, 0.6) is 0 Å². The van der Waals surface area contributed by atoms with Crippen molar-refractivity contribution in [1.29, 1.82) is 0 Å². The summed E-state index contributed by atoms with van der Waals surface area (Å²) in [6.07, 6.45) is 1.90. The Kier molecular flexibility index (Phi) is 4.35. The van der Waals surface area contributed by atoms with Gasteiger partial charge in [-0.3, -0.25) is 9.89 Å². The Hall–Kier alpha value is -3.97. The Morgan fingerprint density at radius 2 is 1.91 bits per heavy atom. The number of nitrogens with zero attached hydrogens (tertiary/aromatic N) is 3. The zero-order valence-electron chi connectivity index (χ0n) is 18.4. The Morgan fingerprint density at radius 3 is 2.67 bits per heavy atom. The number of hydrogen-bond donors (Lipinski definition) is 2. The number of ketones is 1. The number of fused-ring (bicyclic) bond motifs is 2. The molecule has 0 unspecified atom stereocenters. The van der Waals surface area contributed by atoms with Crippen LogP contribution in [0.25, 0.3) is 54.9 Å². The van der Waals surface area contributed by atoms with Crippen molar-refractivity contribution in [3.05, 3.63) is 71.5 Å². The smallest absolute Gasteiger partial charge is 0.169 e. The first-order chi connectivity index (χ1) is 16.0. The lowest BCUT2D eigenvalue weighted by Crippen LogP contribution is -1.94. The largest absolute Gasteiger partial charge is 0.353 e. The minimum atomic E-state index is 0.0931. The van der Waals surface area contributed by atoms with Crippen LogP contribution in [0.15, 0.2) is 60.8 Å². The van der Waals surface area contributed by atoms with Crippen molar-refractivity contribution in [2.24, 2.45) is 7.05 Å². The molecule has 0 amide bonds. The summed E-state index contributed by atoms with van der Waals surface area (Å²) in [7, 11) is 2.03. The first-order valence-electron chi connectivity index (χ1n) is 10.7. The monoisotopic (exact) mass is 451 g/mol. The maximum Gasteiger partial charge on any atom is 0.169 e. The number of imidazole rings is 1. The van der Waals surface area contributed by atoms with Crippen molar-refractivity contribution in [2.45, 2.75) is 13.8 Å². The highest BCUT2D eigenvalue weighted by Crippen LogP contribution is 2.37. The molecule has 6 rings (SSSR count). The molecule has 33 heavy (non-hydrogen) atoms.